The van der Waals surface area contributed by atoms with Crippen LogP contribution in [0.2, 0.25) is 0 Å². The fourth-order valence-electron chi connectivity index (χ4n) is 2.62. The molecule has 0 aliphatic carbocycles. The summed E-state index contributed by atoms with van der Waals surface area (Å²) in [5, 5.41) is 4.65. The molecule has 124 valence electrons. The Kier molecular flexibility index (Phi) is 4.04. The fourth-order valence-corrected chi connectivity index (χ4v) is 2.62. The van der Waals surface area contributed by atoms with Crippen molar-refractivity contribution in [3.63, 3.8) is 0 Å². The molecule has 4 nitrogen and oxygen atoms in total. The highest BCUT2D eigenvalue weighted by molar-refractivity contribution is 5.76. The molecule has 4 rings (SSSR count). The minimum atomic E-state index is 0.641. The van der Waals surface area contributed by atoms with Crippen LogP contribution in [0.4, 0.5) is 0 Å². The van der Waals surface area contributed by atoms with E-state index < -0.39 is 0 Å². The molecule has 0 spiro atoms. The van der Waals surface area contributed by atoms with Crippen LogP contribution in [0.25, 0.3) is 16.9 Å². The topological polar surface area (TPSA) is 47.3 Å². The third-order valence-electron chi connectivity index (χ3n) is 4.09. The maximum Gasteiger partial charge on any atom is 0.154 e. The molecule has 26 heavy (non-hydrogen) atoms. The van der Waals surface area contributed by atoms with Crippen molar-refractivity contribution in [3.05, 3.63) is 89.2 Å². The Hall–Kier alpha value is -3.71. The minimum Gasteiger partial charge on any atom is -0.298 e. The summed E-state index contributed by atoms with van der Waals surface area (Å²) >= 11 is 0. The van der Waals surface area contributed by atoms with Crippen LogP contribution in [-0.4, -0.2) is 20.9 Å². The monoisotopic (exact) mass is 337 g/mol. The number of aromatic nitrogens is 3. The molecule has 0 atom stereocenters. The van der Waals surface area contributed by atoms with E-state index in [1.54, 1.807) is 22.8 Å². The molecule has 2 aromatic heterocycles. The van der Waals surface area contributed by atoms with Crippen molar-refractivity contribution >= 4 is 11.9 Å². The van der Waals surface area contributed by atoms with Crippen LogP contribution >= 0.6 is 0 Å². The molecule has 0 saturated carbocycles. The first-order chi connectivity index (χ1) is 12.7. The Morgan fingerprint density at radius 2 is 1.69 bits per heavy atom. The van der Waals surface area contributed by atoms with E-state index in [-0.39, 0.29) is 0 Å². The zero-order valence-electron chi connectivity index (χ0n) is 14.2. The lowest BCUT2D eigenvalue weighted by Gasteiger charge is -2.02. The van der Waals surface area contributed by atoms with Gasteiger partial charge in [0, 0.05) is 16.7 Å². The Labute approximate surface area is 151 Å². The van der Waals surface area contributed by atoms with Crippen LogP contribution in [0, 0.1) is 18.8 Å². The SMILES string of the molecule is Cc1ccc(C#Cc2cnc3ccc(-c4ccc(C=O)cc4)nn23)cc1. The molecule has 0 N–H and O–H groups in total. The van der Waals surface area contributed by atoms with E-state index in [4.69, 9.17) is 0 Å². The first-order valence-corrected chi connectivity index (χ1v) is 8.22. The van der Waals surface area contributed by atoms with Gasteiger partial charge in [-0.15, -0.1) is 0 Å². The second-order valence-electron chi connectivity index (χ2n) is 5.99. The lowest BCUT2D eigenvalue weighted by atomic mass is 10.1. The van der Waals surface area contributed by atoms with Gasteiger partial charge in [0.15, 0.2) is 5.65 Å². The van der Waals surface area contributed by atoms with Gasteiger partial charge < -0.3 is 0 Å². The molecule has 2 heterocycles. The van der Waals surface area contributed by atoms with Gasteiger partial charge in [0.1, 0.15) is 12.0 Å². The van der Waals surface area contributed by atoms with Gasteiger partial charge in [-0.2, -0.15) is 5.10 Å². The van der Waals surface area contributed by atoms with Crippen LogP contribution in [0.5, 0.6) is 0 Å². The normalized spacial score (nSPS) is 10.3. The number of benzene rings is 2. The van der Waals surface area contributed by atoms with E-state index in [0.717, 1.165) is 34.4 Å². The predicted molar refractivity (Wildman–Crippen MR) is 101 cm³/mol. The number of aryl methyl sites for hydroxylation is 1. The molecule has 0 aliphatic rings. The highest BCUT2D eigenvalue weighted by Crippen LogP contribution is 2.18. The van der Waals surface area contributed by atoms with Gasteiger partial charge in [0.05, 0.1) is 11.9 Å². The summed E-state index contributed by atoms with van der Waals surface area (Å²) in [4.78, 5) is 15.2. The fraction of sp³-hybridized carbons (Fsp3) is 0.0455. The summed E-state index contributed by atoms with van der Waals surface area (Å²) in [6.07, 6.45) is 2.55. The van der Waals surface area contributed by atoms with E-state index in [0.29, 0.717) is 5.56 Å². The van der Waals surface area contributed by atoms with Gasteiger partial charge in [0.2, 0.25) is 0 Å². The van der Waals surface area contributed by atoms with Crippen molar-refractivity contribution in [2.24, 2.45) is 0 Å². The molecule has 2 aromatic carbocycles. The van der Waals surface area contributed by atoms with E-state index in [9.17, 15) is 4.79 Å². The molecule has 0 unspecified atom stereocenters. The Morgan fingerprint density at radius 1 is 0.923 bits per heavy atom. The summed E-state index contributed by atoms with van der Waals surface area (Å²) in [5.41, 5.74) is 6.00. The average molecular weight is 337 g/mol. The summed E-state index contributed by atoms with van der Waals surface area (Å²) in [7, 11) is 0. The molecule has 0 aliphatic heterocycles. The third-order valence-corrected chi connectivity index (χ3v) is 4.09. The molecule has 4 heteroatoms. The van der Waals surface area contributed by atoms with Gasteiger partial charge in [-0.1, -0.05) is 47.9 Å². The summed E-state index contributed by atoms with van der Waals surface area (Å²) in [6.45, 7) is 2.05. The average Bonchev–Trinajstić information content (AvgIpc) is 3.10. The molecule has 4 aromatic rings. The first kappa shape index (κ1) is 15.8. The molecule has 0 saturated heterocycles. The Balaban J connectivity index is 1.72. The number of hydrogen-bond donors (Lipinski definition) is 0. The highest BCUT2D eigenvalue weighted by atomic mass is 16.1. The van der Waals surface area contributed by atoms with Gasteiger partial charge in [-0.3, -0.25) is 4.79 Å². The van der Waals surface area contributed by atoms with Crippen molar-refractivity contribution in [1.29, 1.82) is 0 Å². The van der Waals surface area contributed by atoms with E-state index in [1.807, 2.05) is 48.5 Å². The van der Waals surface area contributed by atoms with Gasteiger partial charge >= 0.3 is 0 Å². The smallest absolute Gasteiger partial charge is 0.154 e. The lowest BCUT2D eigenvalue weighted by Crippen LogP contribution is -1.97. The Bertz CT molecular complexity index is 1140. The minimum absolute atomic E-state index is 0.641. The molecule has 0 amide bonds. The largest absolute Gasteiger partial charge is 0.298 e. The second-order valence-corrected chi connectivity index (χ2v) is 5.99. The van der Waals surface area contributed by atoms with Crippen molar-refractivity contribution in [2.75, 3.05) is 0 Å². The molecule has 0 bridgehead atoms. The van der Waals surface area contributed by atoms with Crippen LogP contribution in [0.15, 0.2) is 66.9 Å². The number of carbonyl (C=O) groups excluding carboxylic acids is 1. The zero-order valence-corrected chi connectivity index (χ0v) is 14.2. The summed E-state index contributed by atoms with van der Waals surface area (Å²) < 4.78 is 1.74. The second kappa shape index (κ2) is 6.66. The van der Waals surface area contributed by atoms with Crippen molar-refractivity contribution < 1.29 is 4.79 Å². The van der Waals surface area contributed by atoms with E-state index in [2.05, 4.69) is 28.8 Å². The number of aldehydes is 1. The van der Waals surface area contributed by atoms with E-state index >= 15 is 0 Å². The van der Waals surface area contributed by atoms with Gasteiger partial charge in [-0.25, -0.2) is 9.50 Å². The number of imidazole rings is 1. The third kappa shape index (κ3) is 3.11. The Morgan fingerprint density at radius 3 is 2.42 bits per heavy atom. The standard InChI is InChI=1S/C22H15N3O/c1-16-2-4-17(5-3-16)8-11-20-14-23-22-13-12-21(24-25(20)22)19-9-6-18(15-26)7-10-19/h2-7,9-10,12-15H,1H3. The molecular weight excluding hydrogens is 322 g/mol. The number of hydrogen-bond acceptors (Lipinski definition) is 3. The van der Waals surface area contributed by atoms with Crippen LogP contribution in [0.1, 0.15) is 27.2 Å². The van der Waals surface area contributed by atoms with Crippen molar-refractivity contribution in [2.45, 2.75) is 6.92 Å². The van der Waals surface area contributed by atoms with Gasteiger partial charge in [0.25, 0.3) is 0 Å². The number of rotatable bonds is 2. The van der Waals surface area contributed by atoms with Crippen molar-refractivity contribution in [1.82, 2.24) is 14.6 Å². The van der Waals surface area contributed by atoms with Crippen LogP contribution < -0.4 is 0 Å². The summed E-state index contributed by atoms with van der Waals surface area (Å²) in [5.74, 6) is 6.29. The maximum atomic E-state index is 10.8. The van der Waals surface area contributed by atoms with Crippen LogP contribution in [-0.2, 0) is 0 Å². The number of carbonyl (C=O) groups is 1. The number of fused-ring (bicyclic) bond motifs is 1. The van der Waals surface area contributed by atoms with Gasteiger partial charge in [-0.05, 0) is 37.1 Å². The molecule has 0 fully saturated rings. The highest BCUT2D eigenvalue weighted by Gasteiger charge is 2.06. The summed E-state index contributed by atoms with van der Waals surface area (Å²) in [6, 6.07) is 19.2. The lowest BCUT2D eigenvalue weighted by molar-refractivity contribution is 0.112. The first-order valence-electron chi connectivity index (χ1n) is 8.22. The van der Waals surface area contributed by atoms with E-state index in [1.165, 1.54) is 5.56 Å². The number of nitrogens with zero attached hydrogens (tertiary/aromatic N) is 3. The van der Waals surface area contributed by atoms with Crippen LogP contribution in [0.3, 0.4) is 0 Å². The zero-order chi connectivity index (χ0) is 17.9. The van der Waals surface area contributed by atoms with Crippen molar-refractivity contribution in [3.8, 4) is 23.1 Å². The predicted octanol–water partition coefficient (Wildman–Crippen LogP) is 3.92. The molecule has 0 radical (unpaired) electrons. The maximum absolute atomic E-state index is 10.8. The molecular formula is C22H15N3O. The quantitative estimate of drug-likeness (QED) is 0.411.